The maximum Gasteiger partial charge on any atom is 0.219 e. The van der Waals surface area contributed by atoms with Crippen molar-refractivity contribution in [3.8, 4) is 0 Å². The van der Waals surface area contributed by atoms with Crippen molar-refractivity contribution in [1.82, 2.24) is 10.2 Å². The minimum Gasteiger partial charge on any atom is -0.343 e. The fourth-order valence-electron chi connectivity index (χ4n) is 1.44. The van der Waals surface area contributed by atoms with E-state index in [9.17, 15) is 4.79 Å². The number of nitrogens with zero attached hydrogens (tertiary/aromatic N) is 2. The van der Waals surface area contributed by atoms with Gasteiger partial charge in [0.15, 0.2) is 0 Å². The highest BCUT2D eigenvalue weighted by molar-refractivity contribution is 5.73. The fourth-order valence-corrected chi connectivity index (χ4v) is 1.44. The molecule has 1 radical (unpaired) electrons. The molecule has 0 aromatic rings. The largest absolute Gasteiger partial charge is 0.343 e. The fraction of sp³-hybridized carbons (Fsp3) is 0.875. The Kier molecular flexibility index (Phi) is 2.88. The predicted octanol–water partition coefficient (Wildman–Crippen LogP) is 0.231. The first kappa shape index (κ1) is 8.53. The van der Waals surface area contributed by atoms with E-state index in [0.29, 0.717) is 6.04 Å². The van der Waals surface area contributed by atoms with Gasteiger partial charge in [0, 0.05) is 33.1 Å². The van der Waals surface area contributed by atoms with E-state index >= 15 is 0 Å². The molecule has 0 bridgehead atoms. The van der Waals surface area contributed by atoms with Crippen LogP contribution in [0.3, 0.4) is 0 Å². The summed E-state index contributed by atoms with van der Waals surface area (Å²) in [5, 5.41) is 4.20. The summed E-state index contributed by atoms with van der Waals surface area (Å²) in [4.78, 5) is 12.8. The second kappa shape index (κ2) is 3.72. The van der Waals surface area contributed by atoms with E-state index in [1.165, 1.54) is 0 Å². The Morgan fingerprint density at radius 3 is 2.36 bits per heavy atom. The molecule has 0 saturated carbocycles. The summed E-state index contributed by atoms with van der Waals surface area (Å²) in [7, 11) is 1.86. The highest BCUT2D eigenvalue weighted by Crippen LogP contribution is 2.09. The highest BCUT2D eigenvalue weighted by atomic mass is 16.2. The van der Waals surface area contributed by atoms with Crippen molar-refractivity contribution >= 4 is 5.91 Å². The number of hydrogen-bond acceptors (Lipinski definition) is 1. The maximum atomic E-state index is 10.9. The van der Waals surface area contributed by atoms with Gasteiger partial charge in [0.2, 0.25) is 5.91 Å². The number of carbonyl (C=O) groups excluding carboxylic acids is 1. The molecule has 0 aromatic heterocycles. The van der Waals surface area contributed by atoms with Gasteiger partial charge in [0.05, 0.1) is 0 Å². The second-order valence-corrected chi connectivity index (χ2v) is 3.00. The van der Waals surface area contributed by atoms with Gasteiger partial charge >= 0.3 is 0 Å². The summed E-state index contributed by atoms with van der Waals surface area (Å²) in [6, 6.07) is 0.491. The molecule has 63 valence electrons. The lowest BCUT2D eigenvalue weighted by Crippen LogP contribution is -2.41. The molecule has 0 unspecified atom stereocenters. The van der Waals surface area contributed by atoms with Crippen molar-refractivity contribution in [2.24, 2.45) is 0 Å². The first-order chi connectivity index (χ1) is 5.24. The lowest BCUT2D eigenvalue weighted by atomic mass is 10.1. The van der Waals surface area contributed by atoms with E-state index in [1.807, 2.05) is 11.9 Å². The number of rotatable bonds is 1. The topological polar surface area (TPSA) is 34.4 Å². The molecular formula is C8H15N2O. The highest BCUT2D eigenvalue weighted by Gasteiger charge is 2.19. The van der Waals surface area contributed by atoms with Gasteiger partial charge in [-0.1, -0.05) is 0 Å². The van der Waals surface area contributed by atoms with Gasteiger partial charge in [-0.05, 0) is 12.8 Å². The minimum atomic E-state index is 0.194. The monoisotopic (exact) mass is 155 g/mol. The molecule has 0 atom stereocenters. The SMILES string of the molecule is C[N]C1CCN(C(C)=O)CC1. The molecule has 1 rings (SSSR count). The van der Waals surface area contributed by atoms with Crippen LogP contribution in [0.5, 0.6) is 0 Å². The quantitative estimate of drug-likeness (QED) is 0.534. The van der Waals surface area contributed by atoms with Crippen LogP contribution in [-0.4, -0.2) is 37.0 Å². The van der Waals surface area contributed by atoms with E-state index in [-0.39, 0.29) is 5.91 Å². The van der Waals surface area contributed by atoms with Gasteiger partial charge < -0.3 is 4.90 Å². The van der Waals surface area contributed by atoms with Crippen LogP contribution in [0, 0.1) is 0 Å². The third kappa shape index (κ3) is 2.19. The van der Waals surface area contributed by atoms with E-state index in [4.69, 9.17) is 0 Å². The average molecular weight is 155 g/mol. The molecule has 0 N–H and O–H groups in total. The molecule has 0 aliphatic carbocycles. The van der Waals surface area contributed by atoms with Gasteiger partial charge in [0.25, 0.3) is 0 Å². The second-order valence-electron chi connectivity index (χ2n) is 3.00. The molecule has 1 heterocycles. The molecule has 3 nitrogen and oxygen atoms in total. The normalized spacial score (nSPS) is 20.4. The van der Waals surface area contributed by atoms with Gasteiger partial charge in [-0.15, -0.1) is 0 Å². The van der Waals surface area contributed by atoms with Crippen molar-refractivity contribution in [3.05, 3.63) is 0 Å². The summed E-state index contributed by atoms with van der Waals surface area (Å²) in [5.41, 5.74) is 0. The molecule has 11 heavy (non-hydrogen) atoms. The van der Waals surface area contributed by atoms with E-state index in [0.717, 1.165) is 25.9 Å². The Balaban J connectivity index is 2.30. The third-order valence-corrected chi connectivity index (χ3v) is 2.27. The first-order valence-electron chi connectivity index (χ1n) is 4.08. The summed E-state index contributed by atoms with van der Waals surface area (Å²) < 4.78 is 0. The molecule has 0 spiro atoms. The van der Waals surface area contributed by atoms with Gasteiger partial charge in [-0.2, -0.15) is 0 Å². The third-order valence-electron chi connectivity index (χ3n) is 2.27. The smallest absolute Gasteiger partial charge is 0.219 e. The average Bonchev–Trinajstić information content (AvgIpc) is 2.05. The molecule has 1 saturated heterocycles. The van der Waals surface area contributed by atoms with Crippen molar-refractivity contribution in [3.63, 3.8) is 0 Å². The molecular weight excluding hydrogens is 140 g/mol. The summed E-state index contributed by atoms with van der Waals surface area (Å²) in [6.45, 7) is 3.40. The van der Waals surface area contributed by atoms with Gasteiger partial charge in [-0.25, -0.2) is 5.32 Å². The number of hydrogen-bond donors (Lipinski definition) is 0. The molecule has 1 fully saturated rings. The predicted molar refractivity (Wildman–Crippen MR) is 43.3 cm³/mol. The molecule has 3 heteroatoms. The summed E-state index contributed by atoms with van der Waals surface area (Å²) >= 11 is 0. The summed E-state index contributed by atoms with van der Waals surface area (Å²) in [6.07, 6.45) is 2.08. The van der Waals surface area contributed by atoms with E-state index < -0.39 is 0 Å². The molecule has 1 aliphatic rings. The zero-order valence-corrected chi connectivity index (χ0v) is 7.21. The zero-order chi connectivity index (χ0) is 8.27. The Morgan fingerprint density at radius 2 is 2.00 bits per heavy atom. The van der Waals surface area contributed by atoms with Crippen LogP contribution in [0.4, 0.5) is 0 Å². The van der Waals surface area contributed by atoms with Crippen LogP contribution in [0.15, 0.2) is 0 Å². The lowest BCUT2D eigenvalue weighted by Gasteiger charge is -2.30. The van der Waals surface area contributed by atoms with E-state index in [2.05, 4.69) is 5.32 Å². The zero-order valence-electron chi connectivity index (χ0n) is 7.21. The minimum absolute atomic E-state index is 0.194. The lowest BCUT2D eigenvalue weighted by molar-refractivity contribution is -0.129. The number of piperidine rings is 1. The Bertz CT molecular complexity index is 139. The van der Waals surface area contributed by atoms with Crippen molar-refractivity contribution in [2.75, 3.05) is 20.1 Å². The van der Waals surface area contributed by atoms with Crippen LogP contribution in [0.2, 0.25) is 0 Å². The number of amides is 1. The Labute approximate surface area is 67.8 Å². The maximum absolute atomic E-state index is 10.9. The van der Waals surface area contributed by atoms with Crippen LogP contribution in [0.1, 0.15) is 19.8 Å². The standard InChI is InChI=1S/C8H15N2O/c1-7(11)10-5-3-8(9-2)4-6-10/h8H,3-6H2,1-2H3. The van der Waals surface area contributed by atoms with Crippen LogP contribution in [0.25, 0.3) is 0 Å². The Hall–Kier alpha value is -0.570. The van der Waals surface area contributed by atoms with Crippen molar-refractivity contribution < 1.29 is 4.79 Å². The molecule has 1 aliphatic heterocycles. The molecule has 0 aromatic carbocycles. The van der Waals surface area contributed by atoms with Crippen LogP contribution < -0.4 is 5.32 Å². The van der Waals surface area contributed by atoms with Crippen molar-refractivity contribution in [2.45, 2.75) is 25.8 Å². The number of likely N-dealkylation sites (tertiary alicyclic amines) is 1. The van der Waals surface area contributed by atoms with Gasteiger partial charge in [0.1, 0.15) is 0 Å². The van der Waals surface area contributed by atoms with Crippen LogP contribution >= 0.6 is 0 Å². The van der Waals surface area contributed by atoms with Crippen molar-refractivity contribution in [1.29, 1.82) is 0 Å². The summed E-state index contributed by atoms with van der Waals surface area (Å²) in [5.74, 6) is 0.194. The van der Waals surface area contributed by atoms with Gasteiger partial charge in [-0.3, -0.25) is 4.79 Å². The number of carbonyl (C=O) groups is 1. The Morgan fingerprint density at radius 1 is 1.45 bits per heavy atom. The van der Waals surface area contributed by atoms with Crippen LogP contribution in [-0.2, 0) is 4.79 Å². The first-order valence-corrected chi connectivity index (χ1v) is 4.08. The molecule has 1 amide bonds. The van der Waals surface area contributed by atoms with E-state index in [1.54, 1.807) is 6.92 Å².